The van der Waals surface area contributed by atoms with Gasteiger partial charge in [-0.1, -0.05) is 60.7 Å². The number of guanidine groups is 1. The summed E-state index contributed by atoms with van der Waals surface area (Å²) in [5.74, 6) is -0.849. The summed E-state index contributed by atoms with van der Waals surface area (Å²) in [5, 5.41) is 16.6. The van der Waals surface area contributed by atoms with Crippen LogP contribution in [-0.4, -0.2) is 70.9 Å². The molecule has 0 unspecified atom stereocenters. The Bertz CT molecular complexity index is 1610. The second-order valence-corrected chi connectivity index (χ2v) is 11.3. The second kappa shape index (κ2) is 16.7. The number of rotatable bonds is 16. The molecule has 46 heavy (non-hydrogen) atoms. The Morgan fingerprint density at radius 2 is 1.63 bits per heavy atom. The van der Waals surface area contributed by atoms with Crippen molar-refractivity contribution in [3.05, 3.63) is 102 Å². The number of nitrogens with one attached hydrogen (secondary N) is 3. The molecule has 0 bridgehead atoms. The van der Waals surface area contributed by atoms with Crippen molar-refractivity contribution < 1.29 is 19.5 Å². The van der Waals surface area contributed by atoms with E-state index in [1.54, 1.807) is 31.3 Å². The number of phenolic OH excluding ortho intramolecular Hbond substituents is 1. The lowest BCUT2D eigenvalue weighted by Crippen LogP contribution is -2.55. The van der Waals surface area contributed by atoms with E-state index in [0.29, 0.717) is 38.8 Å². The van der Waals surface area contributed by atoms with Gasteiger partial charge in [0.25, 0.3) is 0 Å². The summed E-state index contributed by atoms with van der Waals surface area (Å²) < 4.78 is 0. The highest BCUT2D eigenvalue weighted by atomic mass is 16.3. The van der Waals surface area contributed by atoms with Gasteiger partial charge in [0.05, 0.1) is 0 Å². The number of nitrogens with zero attached hydrogens (tertiary/aromatic N) is 2. The van der Waals surface area contributed by atoms with Crippen LogP contribution in [0.2, 0.25) is 0 Å². The third-order valence-corrected chi connectivity index (χ3v) is 7.95. The Kier molecular flexibility index (Phi) is 12.2. The summed E-state index contributed by atoms with van der Waals surface area (Å²) in [7, 11) is 1.61. The van der Waals surface area contributed by atoms with Crippen molar-refractivity contribution in [2.45, 2.75) is 50.6 Å². The lowest BCUT2D eigenvalue weighted by Gasteiger charge is -2.29. The number of phenols is 1. The zero-order valence-electron chi connectivity index (χ0n) is 26.1. The first kappa shape index (κ1) is 33.6. The first-order chi connectivity index (χ1) is 22.2. The van der Waals surface area contributed by atoms with Crippen molar-refractivity contribution >= 4 is 34.6 Å². The van der Waals surface area contributed by atoms with Crippen LogP contribution >= 0.6 is 0 Å². The van der Waals surface area contributed by atoms with Crippen LogP contribution < -0.4 is 22.1 Å². The summed E-state index contributed by atoms with van der Waals surface area (Å²) in [5.41, 5.74) is 14.8. The third kappa shape index (κ3) is 9.85. The number of fused-ring (bicyclic) bond motifs is 1. The fourth-order valence-electron chi connectivity index (χ4n) is 5.33. The monoisotopic (exact) mass is 625 g/mol. The van der Waals surface area contributed by atoms with E-state index in [4.69, 9.17) is 11.5 Å². The van der Waals surface area contributed by atoms with Gasteiger partial charge in [0.15, 0.2) is 5.96 Å². The summed E-state index contributed by atoms with van der Waals surface area (Å²) in [6.07, 6.45) is 4.22. The van der Waals surface area contributed by atoms with Gasteiger partial charge in [-0.25, -0.2) is 0 Å². The van der Waals surface area contributed by atoms with Crippen LogP contribution in [0.3, 0.4) is 0 Å². The molecule has 242 valence electrons. The van der Waals surface area contributed by atoms with Gasteiger partial charge in [-0.3, -0.25) is 19.4 Å². The third-order valence-electron chi connectivity index (χ3n) is 7.95. The lowest BCUT2D eigenvalue weighted by molar-refractivity contribution is -0.140. The van der Waals surface area contributed by atoms with Crippen molar-refractivity contribution in [2.75, 3.05) is 20.1 Å². The minimum Gasteiger partial charge on any atom is -0.508 e. The van der Waals surface area contributed by atoms with Gasteiger partial charge >= 0.3 is 0 Å². The first-order valence-corrected chi connectivity index (χ1v) is 15.5. The number of nitrogens with two attached hydrogens (primary N) is 2. The topological polar surface area (TPSA) is 179 Å². The smallest absolute Gasteiger partial charge is 0.243 e. The molecule has 0 fully saturated rings. The Balaban J connectivity index is 1.45. The summed E-state index contributed by atoms with van der Waals surface area (Å²) in [6.45, 7) is 0.685. The molecule has 0 aliphatic carbocycles. The van der Waals surface area contributed by atoms with Crippen molar-refractivity contribution in [2.24, 2.45) is 16.5 Å². The number of likely N-dealkylation sites (N-methyl/N-ethyl adjacent to an activating group) is 1. The average molecular weight is 626 g/mol. The maximum Gasteiger partial charge on any atom is 0.243 e. The van der Waals surface area contributed by atoms with Gasteiger partial charge < -0.3 is 37.1 Å². The second-order valence-electron chi connectivity index (χ2n) is 11.3. The quantitative estimate of drug-likeness (QED) is 0.0633. The molecule has 2 atom stereocenters. The molecule has 11 heteroatoms. The van der Waals surface area contributed by atoms with Crippen LogP contribution in [0.5, 0.6) is 5.75 Å². The van der Waals surface area contributed by atoms with Crippen LogP contribution in [0, 0.1) is 0 Å². The number of aromatic hydroxyl groups is 1. The number of aliphatic imine (C=N–C) groups is 1. The van der Waals surface area contributed by atoms with E-state index in [9.17, 15) is 19.5 Å². The van der Waals surface area contributed by atoms with Gasteiger partial charge in [-0.2, -0.15) is 0 Å². The molecule has 0 aliphatic heterocycles. The van der Waals surface area contributed by atoms with Crippen LogP contribution in [0.25, 0.3) is 10.9 Å². The number of hydrogen-bond acceptors (Lipinski definition) is 5. The standard InChI is InChI=1S/C35H43N7O4/c1-42(32(44)18-15-24-13-16-27(43)17-14-24)31(22-25-8-3-2-4-9-25)34(46)41-30(12-7-20-39-35(36)37)33(45)38-21-19-26-23-40-29-11-6-5-10-28(26)29/h2-6,8-11,13-14,16-17,23,30-31,40,43H,7,12,15,18-22H2,1H3,(H,38,45)(H,41,46)(H4,36,37,39)/t30-,31+/m0/s1. The maximum atomic E-state index is 13.9. The van der Waals surface area contributed by atoms with Gasteiger partial charge in [0, 0.05) is 50.1 Å². The minimum atomic E-state index is -0.858. The first-order valence-electron chi connectivity index (χ1n) is 15.5. The van der Waals surface area contributed by atoms with Gasteiger partial charge in [-0.15, -0.1) is 0 Å². The highest BCUT2D eigenvalue weighted by molar-refractivity contribution is 5.92. The van der Waals surface area contributed by atoms with Crippen molar-refractivity contribution in [3.8, 4) is 5.75 Å². The fraction of sp³-hybridized carbons (Fsp3) is 0.314. The Hall–Kier alpha value is -5.32. The molecule has 8 N–H and O–H groups in total. The molecule has 4 aromatic rings. The zero-order chi connectivity index (χ0) is 32.9. The van der Waals surface area contributed by atoms with E-state index in [2.05, 4.69) is 20.6 Å². The van der Waals surface area contributed by atoms with Crippen LogP contribution in [-0.2, 0) is 33.6 Å². The van der Waals surface area contributed by atoms with Crippen molar-refractivity contribution in [1.82, 2.24) is 20.5 Å². The van der Waals surface area contributed by atoms with Crippen LogP contribution in [0.4, 0.5) is 0 Å². The number of aromatic nitrogens is 1. The predicted molar refractivity (Wildman–Crippen MR) is 180 cm³/mol. The summed E-state index contributed by atoms with van der Waals surface area (Å²) in [4.78, 5) is 49.4. The van der Waals surface area contributed by atoms with E-state index in [0.717, 1.165) is 27.6 Å². The van der Waals surface area contributed by atoms with Crippen LogP contribution in [0.15, 0.2) is 90.1 Å². The molecule has 0 saturated carbocycles. The molecule has 3 aromatic carbocycles. The zero-order valence-corrected chi connectivity index (χ0v) is 26.1. The highest BCUT2D eigenvalue weighted by Gasteiger charge is 2.30. The number of aromatic amines is 1. The average Bonchev–Trinajstić information content (AvgIpc) is 3.47. The van der Waals surface area contributed by atoms with E-state index in [-0.39, 0.29) is 36.4 Å². The number of H-pyrrole nitrogens is 1. The summed E-state index contributed by atoms with van der Waals surface area (Å²) in [6, 6.07) is 22.4. The van der Waals surface area contributed by atoms with E-state index in [1.807, 2.05) is 60.8 Å². The normalized spacial score (nSPS) is 12.2. The van der Waals surface area contributed by atoms with Gasteiger partial charge in [0.1, 0.15) is 17.8 Å². The lowest BCUT2D eigenvalue weighted by atomic mass is 10.0. The number of hydrogen-bond donors (Lipinski definition) is 6. The van der Waals surface area contributed by atoms with Gasteiger partial charge in [-0.05, 0) is 60.6 Å². The molecule has 1 aromatic heterocycles. The largest absolute Gasteiger partial charge is 0.508 e. The number of benzene rings is 3. The Labute approximate surface area is 269 Å². The molecule has 0 radical (unpaired) electrons. The molecule has 4 rings (SSSR count). The predicted octanol–water partition coefficient (Wildman–Crippen LogP) is 2.77. The molecule has 0 saturated heterocycles. The molecule has 1 heterocycles. The van der Waals surface area contributed by atoms with Gasteiger partial charge in [0.2, 0.25) is 17.7 Å². The summed E-state index contributed by atoms with van der Waals surface area (Å²) >= 11 is 0. The molecule has 3 amide bonds. The minimum absolute atomic E-state index is 0.0425. The maximum absolute atomic E-state index is 13.9. The fourth-order valence-corrected chi connectivity index (χ4v) is 5.33. The Morgan fingerprint density at radius 3 is 2.37 bits per heavy atom. The number of para-hydroxylation sites is 1. The number of carbonyl (C=O) groups is 3. The molecular weight excluding hydrogens is 582 g/mol. The SMILES string of the molecule is CN(C(=O)CCc1ccc(O)cc1)[C@H](Cc1ccccc1)C(=O)N[C@@H](CCCN=C(N)N)C(=O)NCCc1c[nH]c2ccccc12. The van der Waals surface area contributed by atoms with E-state index < -0.39 is 18.0 Å². The molecule has 11 nitrogen and oxygen atoms in total. The molecule has 0 spiro atoms. The van der Waals surface area contributed by atoms with E-state index in [1.165, 1.54) is 4.90 Å². The van der Waals surface area contributed by atoms with Crippen molar-refractivity contribution in [3.63, 3.8) is 0 Å². The number of amides is 3. The van der Waals surface area contributed by atoms with Crippen molar-refractivity contribution in [1.29, 1.82) is 0 Å². The Morgan fingerprint density at radius 1 is 0.913 bits per heavy atom. The number of carbonyl (C=O) groups excluding carboxylic acids is 3. The van der Waals surface area contributed by atoms with E-state index >= 15 is 0 Å². The highest BCUT2D eigenvalue weighted by Crippen LogP contribution is 2.18. The molecular formula is C35H43N7O4. The van der Waals surface area contributed by atoms with Crippen LogP contribution in [0.1, 0.15) is 36.0 Å². The molecule has 0 aliphatic rings. The number of aryl methyl sites for hydroxylation is 1.